The lowest BCUT2D eigenvalue weighted by atomic mass is 9.91. The number of hydrogen-bond donors (Lipinski definition) is 1. The van der Waals surface area contributed by atoms with E-state index >= 15 is 0 Å². The van der Waals surface area contributed by atoms with Crippen molar-refractivity contribution in [3.8, 4) is 0 Å². The van der Waals surface area contributed by atoms with Crippen LogP contribution in [0.1, 0.15) is 30.4 Å². The fraction of sp³-hybridized carbons (Fsp3) is 0.368. The minimum absolute atomic E-state index is 0.639. The predicted molar refractivity (Wildman–Crippen MR) is 84.9 cm³/mol. The molecule has 0 bridgehead atoms. The zero-order valence-electron chi connectivity index (χ0n) is 12.0. The molecule has 2 aromatic carbocycles. The van der Waals surface area contributed by atoms with Gasteiger partial charge in [-0.1, -0.05) is 67.1 Å². The second kappa shape index (κ2) is 6.71. The van der Waals surface area contributed by atoms with Gasteiger partial charge in [-0.05, 0) is 36.8 Å². The summed E-state index contributed by atoms with van der Waals surface area (Å²) in [6.45, 7) is 0. The third kappa shape index (κ3) is 3.71. The lowest BCUT2D eigenvalue weighted by molar-refractivity contribution is 0.316. The van der Waals surface area contributed by atoms with Gasteiger partial charge in [-0.2, -0.15) is 0 Å². The normalized spacial score (nSPS) is 22.6. The Morgan fingerprint density at radius 1 is 0.700 bits per heavy atom. The fourth-order valence-electron chi connectivity index (χ4n) is 3.23. The highest BCUT2D eigenvalue weighted by molar-refractivity contribution is 5.18. The van der Waals surface area contributed by atoms with E-state index in [1.54, 1.807) is 0 Å². The van der Waals surface area contributed by atoms with E-state index in [0.29, 0.717) is 12.1 Å². The first kappa shape index (κ1) is 13.4. The van der Waals surface area contributed by atoms with Gasteiger partial charge in [-0.3, -0.25) is 0 Å². The van der Waals surface area contributed by atoms with Gasteiger partial charge in [-0.25, -0.2) is 0 Å². The van der Waals surface area contributed by atoms with Crippen molar-refractivity contribution in [1.82, 2.24) is 5.32 Å². The summed E-state index contributed by atoms with van der Waals surface area (Å²) in [5, 5.41) is 3.85. The van der Waals surface area contributed by atoms with Gasteiger partial charge in [0.25, 0.3) is 0 Å². The lowest BCUT2D eigenvalue weighted by Gasteiger charge is -2.31. The van der Waals surface area contributed by atoms with Crippen molar-refractivity contribution in [2.45, 2.75) is 44.2 Å². The molecule has 0 spiro atoms. The molecular weight excluding hydrogens is 242 g/mol. The van der Waals surface area contributed by atoms with Crippen LogP contribution < -0.4 is 5.32 Å². The van der Waals surface area contributed by atoms with E-state index < -0.39 is 0 Å². The van der Waals surface area contributed by atoms with Gasteiger partial charge in [0, 0.05) is 12.1 Å². The van der Waals surface area contributed by atoms with Crippen molar-refractivity contribution in [2.75, 3.05) is 0 Å². The van der Waals surface area contributed by atoms with Crippen LogP contribution >= 0.6 is 0 Å². The Morgan fingerprint density at radius 3 is 1.60 bits per heavy atom. The van der Waals surface area contributed by atoms with E-state index in [1.165, 1.54) is 30.4 Å². The third-order valence-electron chi connectivity index (χ3n) is 4.23. The minimum atomic E-state index is 0.639. The first-order chi connectivity index (χ1) is 9.90. The molecule has 1 N–H and O–H groups in total. The predicted octanol–water partition coefficient (Wildman–Crippen LogP) is 3.98. The lowest BCUT2D eigenvalue weighted by Crippen LogP contribution is -2.44. The molecule has 2 aromatic rings. The molecule has 1 nitrogen and oxygen atoms in total. The molecule has 1 heteroatoms. The van der Waals surface area contributed by atoms with Crippen LogP contribution in [0.25, 0.3) is 0 Å². The van der Waals surface area contributed by atoms with E-state index in [1.807, 2.05) is 0 Å². The van der Waals surface area contributed by atoms with E-state index in [9.17, 15) is 0 Å². The minimum Gasteiger partial charge on any atom is -0.311 e. The van der Waals surface area contributed by atoms with Crippen LogP contribution in [0.4, 0.5) is 0 Å². The quantitative estimate of drug-likeness (QED) is 0.881. The van der Waals surface area contributed by atoms with Gasteiger partial charge in [-0.15, -0.1) is 0 Å². The SMILES string of the molecule is c1ccc(C[C@H]2CCC[C@@H](Cc3ccccc3)N2)cc1. The van der Waals surface area contributed by atoms with Gasteiger partial charge in [0.2, 0.25) is 0 Å². The number of rotatable bonds is 4. The first-order valence-electron chi connectivity index (χ1n) is 7.74. The molecule has 0 unspecified atom stereocenters. The molecule has 1 saturated heterocycles. The Hall–Kier alpha value is -1.60. The maximum absolute atomic E-state index is 3.85. The smallest absolute Gasteiger partial charge is 0.0110 e. The molecule has 0 radical (unpaired) electrons. The molecule has 1 heterocycles. The fourth-order valence-corrected chi connectivity index (χ4v) is 3.23. The van der Waals surface area contributed by atoms with Gasteiger partial charge < -0.3 is 5.32 Å². The summed E-state index contributed by atoms with van der Waals surface area (Å²) in [6.07, 6.45) is 6.28. The molecule has 0 saturated carbocycles. The molecule has 104 valence electrons. The van der Waals surface area contributed by atoms with Crippen LogP contribution in [-0.4, -0.2) is 12.1 Å². The Bertz CT molecular complexity index is 458. The van der Waals surface area contributed by atoms with E-state index in [0.717, 1.165) is 12.8 Å². The monoisotopic (exact) mass is 265 g/mol. The van der Waals surface area contributed by atoms with E-state index in [2.05, 4.69) is 66.0 Å². The molecule has 0 amide bonds. The Morgan fingerprint density at radius 2 is 1.15 bits per heavy atom. The van der Waals surface area contributed by atoms with Crippen molar-refractivity contribution in [2.24, 2.45) is 0 Å². The summed E-state index contributed by atoms with van der Waals surface area (Å²) < 4.78 is 0. The highest BCUT2D eigenvalue weighted by Crippen LogP contribution is 2.19. The summed E-state index contributed by atoms with van der Waals surface area (Å²) in [4.78, 5) is 0. The van der Waals surface area contributed by atoms with Crippen LogP contribution in [0.2, 0.25) is 0 Å². The van der Waals surface area contributed by atoms with E-state index in [4.69, 9.17) is 0 Å². The maximum atomic E-state index is 3.85. The topological polar surface area (TPSA) is 12.0 Å². The van der Waals surface area contributed by atoms with Crippen LogP contribution in [0.3, 0.4) is 0 Å². The number of benzene rings is 2. The zero-order valence-corrected chi connectivity index (χ0v) is 12.0. The van der Waals surface area contributed by atoms with Gasteiger partial charge in [0.15, 0.2) is 0 Å². The van der Waals surface area contributed by atoms with Crippen LogP contribution in [-0.2, 0) is 12.8 Å². The molecule has 1 fully saturated rings. The molecule has 20 heavy (non-hydrogen) atoms. The second-order valence-corrected chi connectivity index (χ2v) is 5.87. The van der Waals surface area contributed by atoms with Crippen molar-refractivity contribution >= 4 is 0 Å². The molecule has 1 aliphatic heterocycles. The highest BCUT2D eigenvalue weighted by Gasteiger charge is 2.21. The summed E-state index contributed by atoms with van der Waals surface area (Å²) in [5.41, 5.74) is 2.90. The maximum Gasteiger partial charge on any atom is 0.0110 e. The zero-order chi connectivity index (χ0) is 13.6. The van der Waals surface area contributed by atoms with Gasteiger partial charge in [0.1, 0.15) is 0 Å². The molecular formula is C19H23N. The van der Waals surface area contributed by atoms with Gasteiger partial charge >= 0.3 is 0 Å². The largest absolute Gasteiger partial charge is 0.311 e. The number of nitrogens with one attached hydrogen (secondary N) is 1. The standard InChI is InChI=1S/C19H23N/c1-3-8-16(9-4-1)14-18-12-7-13-19(20-18)15-17-10-5-2-6-11-17/h1-6,8-11,18-20H,7,12-15H2/t18-,19+. The molecule has 0 aliphatic carbocycles. The molecule has 0 aromatic heterocycles. The molecule has 2 atom stereocenters. The molecule has 3 rings (SSSR count). The highest BCUT2D eigenvalue weighted by atomic mass is 15.0. The van der Waals surface area contributed by atoms with Gasteiger partial charge in [0.05, 0.1) is 0 Å². The average Bonchev–Trinajstić information content (AvgIpc) is 2.50. The van der Waals surface area contributed by atoms with Crippen LogP contribution in [0.15, 0.2) is 60.7 Å². The van der Waals surface area contributed by atoms with Crippen molar-refractivity contribution in [3.63, 3.8) is 0 Å². The Balaban J connectivity index is 1.57. The van der Waals surface area contributed by atoms with Crippen molar-refractivity contribution in [1.29, 1.82) is 0 Å². The first-order valence-corrected chi connectivity index (χ1v) is 7.74. The number of hydrogen-bond acceptors (Lipinski definition) is 1. The average molecular weight is 265 g/mol. The summed E-state index contributed by atoms with van der Waals surface area (Å²) >= 11 is 0. The number of piperidine rings is 1. The Labute approximate surface area is 122 Å². The van der Waals surface area contributed by atoms with E-state index in [-0.39, 0.29) is 0 Å². The summed E-state index contributed by atoms with van der Waals surface area (Å²) in [5.74, 6) is 0. The molecule has 1 aliphatic rings. The van der Waals surface area contributed by atoms with Crippen LogP contribution in [0, 0.1) is 0 Å². The second-order valence-electron chi connectivity index (χ2n) is 5.87. The third-order valence-corrected chi connectivity index (χ3v) is 4.23. The van der Waals surface area contributed by atoms with Crippen LogP contribution in [0.5, 0.6) is 0 Å². The van der Waals surface area contributed by atoms with Crippen molar-refractivity contribution in [3.05, 3.63) is 71.8 Å². The van der Waals surface area contributed by atoms with Crippen molar-refractivity contribution < 1.29 is 0 Å². The summed E-state index contributed by atoms with van der Waals surface area (Å²) in [7, 11) is 0. The summed E-state index contributed by atoms with van der Waals surface area (Å²) in [6, 6.07) is 23.0. The Kier molecular flexibility index (Phi) is 4.49.